The van der Waals surface area contributed by atoms with Crippen molar-refractivity contribution in [3.8, 4) is 0 Å². The van der Waals surface area contributed by atoms with E-state index in [1.54, 1.807) is 23.2 Å². The average Bonchev–Trinajstić information content (AvgIpc) is 2.79. The second-order valence-corrected chi connectivity index (χ2v) is 7.63. The first-order valence-electron chi connectivity index (χ1n) is 5.81. The van der Waals surface area contributed by atoms with Crippen LogP contribution in [-0.2, 0) is 16.6 Å². The van der Waals surface area contributed by atoms with Gasteiger partial charge in [-0.15, -0.1) is 11.3 Å². The summed E-state index contributed by atoms with van der Waals surface area (Å²) < 4.78 is 26.5. The van der Waals surface area contributed by atoms with Crippen LogP contribution in [0, 0.1) is 0 Å². The molecule has 4 nitrogen and oxygen atoms in total. The summed E-state index contributed by atoms with van der Waals surface area (Å²) >= 11 is 3.25. The van der Waals surface area contributed by atoms with Gasteiger partial charge < -0.3 is 5.32 Å². The summed E-state index contributed by atoms with van der Waals surface area (Å²) in [7, 11) is -1.47. The van der Waals surface area contributed by atoms with Crippen LogP contribution in [0.5, 0.6) is 0 Å². The highest BCUT2D eigenvalue weighted by Crippen LogP contribution is 2.18. The zero-order valence-electron chi connectivity index (χ0n) is 10.7. The standard InChI is InChI=1S/C11H20N2O2S3/c1-12-8-10-7-11(9-17-10)18(14,15)13-5-3-4-6-16-2/h7,9,12-13H,3-6,8H2,1-2H3. The van der Waals surface area contributed by atoms with Gasteiger partial charge in [0, 0.05) is 23.3 Å². The fourth-order valence-electron chi connectivity index (χ4n) is 1.43. The number of nitrogens with one attached hydrogen (secondary N) is 2. The molecule has 1 heterocycles. The first-order chi connectivity index (χ1) is 8.60. The zero-order chi connectivity index (χ0) is 13.4. The van der Waals surface area contributed by atoms with Gasteiger partial charge >= 0.3 is 0 Å². The molecule has 0 unspecified atom stereocenters. The van der Waals surface area contributed by atoms with Crippen molar-refractivity contribution < 1.29 is 8.42 Å². The van der Waals surface area contributed by atoms with E-state index in [0.717, 1.165) is 23.5 Å². The highest BCUT2D eigenvalue weighted by Gasteiger charge is 2.15. The molecular formula is C11H20N2O2S3. The van der Waals surface area contributed by atoms with E-state index >= 15 is 0 Å². The molecule has 104 valence electrons. The fourth-order valence-corrected chi connectivity index (χ4v) is 4.28. The first-order valence-corrected chi connectivity index (χ1v) is 9.56. The molecule has 0 amide bonds. The lowest BCUT2D eigenvalue weighted by atomic mass is 10.3. The summed E-state index contributed by atoms with van der Waals surface area (Å²) in [6.07, 6.45) is 3.98. The topological polar surface area (TPSA) is 58.2 Å². The van der Waals surface area contributed by atoms with Crippen molar-refractivity contribution in [2.75, 3.05) is 25.6 Å². The minimum absolute atomic E-state index is 0.377. The van der Waals surface area contributed by atoms with E-state index in [1.807, 2.05) is 7.05 Å². The van der Waals surface area contributed by atoms with Gasteiger partial charge in [0.1, 0.15) is 0 Å². The Morgan fingerprint density at radius 2 is 2.17 bits per heavy atom. The van der Waals surface area contributed by atoms with Gasteiger partial charge in [0.2, 0.25) is 10.0 Å². The minimum atomic E-state index is -3.32. The molecule has 2 N–H and O–H groups in total. The molecule has 0 aliphatic heterocycles. The Morgan fingerprint density at radius 1 is 1.39 bits per heavy atom. The van der Waals surface area contributed by atoms with Gasteiger partial charge in [0.05, 0.1) is 4.90 Å². The quantitative estimate of drug-likeness (QED) is 0.684. The third-order valence-electron chi connectivity index (χ3n) is 2.36. The Labute approximate surface area is 118 Å². The first kappa shape index (κ1) is 16.0. The van der Waals surface area contributed by atoms with Crippen LogP contribution in [0.2, 0.25) is 0 Å². The van der Waals surface area contributed by atoms with Crippen molar-refractivity contribution in [1.82, 2.24) is 10.0 Å². The summed E-state index contributed by atoms with van der Waals surface area (Å²) in [6, 6.07) is 1.73. The lowest BCUT2D eigenvalue weighted by molar-refractivity contribution is 0.579. The van der Waals surface area contributed by atoms with Gasteiger partial charge in [-0.1, -0.05) is 0 Å². The molecule has 0 saturated carbocycles. The summed E-state index contributed by atoms with van der Waals surface area (Å²) in [6.45, 7) is 1.22. The van der Waals surface area contributed by atoms with Crippen LogP contribution in [0.3, 0.4) is 0 Å². The van der Waals surface area contributed by atoms with E-state index in [-0.39, 0.29) is 0 Å². The Bertz CT molecular complexity index is 443. The lowest BCUT2D eigenvalue weighted by Gasteiger charge is -2.04. The zero-order valence-corrected chi connectivity index (χ0v) is 13.2. The molecule has 0 spiro atoms. The Hall–Kier alpha value is -0.0800. The number of hydrogen-bond acceptors (Lipinski definition) is 5. The van der Waals surface area contributed by atoms with E-state index in [2.05, 4.69) is 16.3 Å². The van der Waals surface area contributed by atoms with Crippen LogP contribution in [-0.4, -0.2) is 34.0 Å². The summed E-state index contributed by atoms with van der Waals surface area (Å²) in [4.78, 5) is 1.41. The predicted octanol–water partition coefficient (Wildman–Crippen LogP) is 1.89. The molecule has 0 saturated heterocycles. The van der Waals surface area contributed by atoms with Gasteiger partial charge in [0.15, 0.2) is 0 Å². The van der Waals surface area contributed by atoms with Gasteiger partial charge in [-0.05, 0) is 38.0 Å². The van der Waals surface area contributed by atoms with E-state index in [1.165, 1.54) is 11.3 Å². The van der Waals surface area contributed by atoms with Crippen LogP contribution >= 0.6 is 23.1 Å². The highest BCUT2D eigenvalue weighted by atomic mass is 32.2. The van der Waals surface area contributed by atoms with Gasteiger partial charge in [-0.2, -0.15) is 11.8 Å². The van der Waals surface area contributed by atoms with Gasteiger partial charge in [-0.25, -0.2) is 13.1 Å². The van der Waals surface area contributed by atoms with Gasteiger partial charge in [-0.3, -0.25) is 0 Å². The maximum absolute atomic E-state index is 12.0. The third-order valence-corrected chi connectivity index (χ3v) is 5.58. The number of rotatable bonds is 9. The van der Waals surface area contributed by atoms with Crippen LogP contribution in [0.15, 0.2) is 16.3 Å². The number of hydrogen-bond donors (Lipinski definition) is 2. The molecule has 0 fully saturated rings. The molecule has 1 rings (SSSR count). The second kappa shape index (κ2) is 8.16. The SMILES string of the molecule is CNCc1cc(S(=O)(=O)NCCCCSC)cs1. The second-order valence-electron chi connectivity index (χ2n) is 3.88. The Morgan fingerprint density at radius 3 is 2.83 bits per heavy atom. The van der Waals surface area contributed by atoms with Crippen molar-refractivity contribution in [1.29, 1.82) is 0 Å². The molecular weight excluding hydrogens is 288 g/mol. The van der Waals surface area contributed by atoms with Crippen molar-refractivity contribution in [2.45, 2.75) is 24.3 Å². The van der Waals surface area contributed by atoms with E-state index in [9.17, 15) is 8.42 Å². The maximum Gasteiger partial charge on any atom is 0.241 e. The molecule has 0 bridgehead atoms. The highest BCUT2D eigenvalue weighted by molar-refractivity contribution is 7.98. The Balaban J connectivity index is 2.46. The van der Waals surface area contributed by atoms with E-state index in [4.69, 9.17) is 0 Å². The maximum atomic E-state index is 12.0. The number of unbranched alkanes of at least 4 members (excludes halogenated alkanes) is 1. The normalized spacial score (nSPS) is 11.9. The number of sulfonamides is 1. The molecule has 7 heteroatoms. The van der Waals surface area contributed by atoms with Crippen LogP contribution in [0.25, 0.3) is 0 Å². The molecule has 18 heavy (non-hydrogen) atoms. The Kier molecular flexibility index (Phi) is 7.25. The van der Waals surface area contributed by atoms with Crippen molar-refractivity contribution in [3.05, 3.63) is 16.3 Å². The molecule has 0 aromatic carbocycles. The monoisotopic (exact) mass is 308 g/mol. The van der Waals surface area contributed by atoms with Gasteiger partial charge in [0.25, 0.3) is 0 Å². The molecule has 0 radical (unpaired) electrons. The smallest absolute Gasteiger partial charge is 0.241 e. The van der Waals surface area contributed by atoms with Crippen molar-refractivity contribution in [3.63, 3.8) is 0 Å². The third kappa shape index (κ3) is 5.27. The fraction of sp³-hybridized carbons (Fsp3) is 0.636. The van der Waals surface area contributed by atoms with Crippen LogP contribution in [0.1, 0.15) is 17.7 Å². The van der Waals surface area contributed by atoms with Crippen LogP contribution in [0.4, 0.5) is 0 Å². The summed E-state index contributed by atoms with van der Waals surface area (Å²) in [5, 5.41) is 4.70. The molecule has 0 atom stereocenters. The number of thioether (sulfide) groups is 1. The number of thiophene rings is 1. The molecule has 1 aromatic heterocycles. The summed E-state index contributed by atoms with van der Waals surface area (Å²) in [5.41, 5.74) is 0. The van der Waals surface area contributed by atoms with Crippen molar-refractivity contribution in [2.24, 2.45) is 0 Å². The predicted molar refractivity (Wildman–Crippen MR) is 79.9 cm³/mol. The molecule has 1 aromatic rings. The van der Waals surface area contributed by atoms with E-state index in [0.29, 0.717) is 18.0 Å². The van der Waals surface area contributed by atoms with Crippen LogP contribution < -0.4 is 10.0 Å². The molecule has 0 aliphatic carbocycles. The minimum Gasteiger partial charge on any atom is -0.315 e. The molecule has 0 aliphatic rings. The summed E-state index contributed by atoms with van der Waals surface area (Å²) in [5.74, 6) is 1.08. The van der Waals surface area contributed by atoms with E-state index < -0.39 is 10.0 Å². The largest absolute Gasteiger partial charge is 0.315 e. The van der Waals surface area contributed by atoms with Crippen molar-refractivity contribution >= 4 is 33.1 Å². The lowest BCUT2D eigenvalue weighted by Crippen LogP contribution is -2.24. The average molecular weight is 308 g/mol.